The van der Waals surface area contributed by atoms with Crippen molar-refractivity contribution in [1.82, 2.24) is 0 Å². The van der Waals surface area contributed by atoms with Crippen molar-refractivity contribution in [3.8, 4) is 33.4 Å². The molecule has 328 valence electrons. The van der Waals surface area contributed by atoms with Gasteiger partial charge in [-0.05, 0) is 155 Å². The van der Waals surface area contributed by atoms with Crippen LogP contribution >= 0.6 is 0 Å². The Balaban J connectivity index is 1.02. The molecule has 2 aliphatic heterocycles. The Morgan fingerprint density at radius 1 is 0.362 bits per heavy atom. The minimum atomic E-state index is -0.207. The van der Waals surface area contributed by atoms with E-state index in [1.165, 1.54) is 61.4 Å². The molecule has 0 saturated carbocycles. The van der Waals surface area contributed by atoms with E-state index in [4.69, 9.17) is 4.42 Å². The molecule has 0 atom stereocenters. The van der Waals surface area contributed by atoms with Gasteiger partial charge in [0.2, 0.25) is 0 Å². The maximum atomic E-state index is 6.34. The van der Waals surface area contributed by atoms with Gasteiger partial charge in [0.15, 0.2) is 0 Å². The third kappa shape index (κ3) is 6.84. The van der Waals surface area contributed by atoms with Crippen molar-refractivity contribution in [2.75, 3.05) is 14.7 Å². The van der Waals surface area contributed by atoms with Crippen molar-refractivity contribution in [3.63, 3.8) is 0 Å². The lowest BCUT2D eigenvalue weighted by molar-refractivity contribution is 0.560. The third-order valence-electron chi connectivity index (χ3n) is 14.1. The molecule has 11 aromatic rings. The normalized spacial score (nSPS) is 12.8. The number of furan rings is 1. The largest absolute Gasteiger partial charge is 0.456 e. The summed E-state index contributed by atoms with van der Waals surface area (Å²) in [6.45, 7) is 6.85. The first kappa shape index (κ1) is 40.7. The van der Waals surface area contributed by atoms with Crippen LogP contribution in [0.2, 0.25) is 0 Å². The highest BCUT2D eigenvalue weighted by Crippen LogP contribution is 2.47. The number of fused-ring (bicyclic) bond motifs is 7. The Labute approximate surface area is 404 Å². The average Bonchev–Trinajstić information content (AvgIpc) is 3.77. The predicted molar refractivity (Wildman–Crippen MR) is 292 cm³/mol. The highest BCUT2D eigenvalue weighted by molar-refractivity contribution is 7.00. The molecule has 0 fully saturated rings. The van der Waals surface area contributed by atoms with Crippen LogP contribution < -0.4 is 31.1 Å². The predicted octanol–water partition coefficient (Wildman–Crippen LogP) is 15.6. The molecular formula is C64H48BN3O. The molecule has 1 aromatic heterocycles. The van der Waals surface area contributed by atoms with Gasteiger partial charge in [0.25, 0.3) is 6.71 Å². The van der Waals surface area contributed by atoms with Gasteiger partial charge >= 0.3 is 0 Å². The molecule has 0 saturated heterocycles. The molecule has 0 unspecified atom stereocenters. The topological polar surface area (TPSA) is 22.9 Å². The highest BCUT2D eigenvalue weighted by atomic mass is 16.3. The molecule has 0 spiro atoms. The Hall–Kier alpha value is -8.54. The third-order valence-corrected chi connectivity index (χ3v) is 14.1. The molecule has 0 radical (unpaired) electrons. The summed E-state index contributed by atoms with van der Waals surface area (Å²) in [6, 6.07) is 86.4. The molecule has 0 bridgehead atoms. The van der Waals surface area contributed by atoms with Crippen LogP contribution in [0.4, 0.5) is 45.5 Å². The second kappa shape index (κ2) is 16.1. The summed E-state index contributed by atoms with van der Waals surface area (Å²) >= 11 is 0. The van der Waals surface area contributed by atoms with Gasteiger partial charge in [-0.1, -0.05) is 152 Å². The zero-order chi connectivity index (χ0) is 46.2. The fourth-order valence-corrected chi connectivity index (χ4v) is 11.1. The molecule has 2 aliphatic rings. The lowest BCUT2D eigenvalue weighted by atomic mass is 9.33. The fourth-order valence-electron chi connectivity index (χ4n) is 11.1. The second-order valence-electron chi connectivity index (χ2n) is 19.3. The van der Waals surface area contributed by atoms with E-state index in [1.807, 2.05) is 12.1 Å². The lowest BCUT2D eigenvalue weighted by Crippen LogP contribution is -2.61. The Morgan fingerprint density at radius 2 is 0.884 bits per heavy atom. The molecule has 10 aromatic carbocycles. The first-order valence-corrected chi connectivity index (χ1v) is 23.9. The van der Waals surface area contributed by atoms with Crippen molar-refractivity contribution < 1.29 is 4.42 Å². The first-order valence-electron chi connectivity index (χ1n) is 23.9. The Bertz CT molecular complexity index is 3710. The maximum Gasteiger partial charge on any atom is 0.252 e. The molecule has 0 amide bonds. The second-order valence-corrected chi connectivity index (χ2v) is 19.3. The van der Waals surface area contributed by atoms with Crippen molar-refractivity contribution in [2.24, 2.45) is 0 Å². The van der Waals surface area contributed by atoms with Crippen molar-refractivity contribution >= 4 is 90.5 Å². The molecule has 3 heterocycles. The number of para-hydroxylation sites is 2. The van der Waals surface area contributed by atoms with E-state index in [2.05, 4.69) is 260 Å². The molecule has 5 heteroatoms. The summed E-state index contributed by atoms with van der Waals surface area (Å²) in [4.78, 5) is 7.46. The van der Waals surface area contributed by atoms with E-state index in [-0.39, 0.29) is 12.3 Å². The van der Waals surface area contributed by atoms with E-state index in [9.17, 15) is 0 Å². The Morgan fingerprint density at radius 3 is 1.55 bits per heavy atom. The van der Waals surface area contributed by atoms with Gasteiger partial charge in [-0.3, -0.25) is 0 Å². The van der Waals surface area contributed by atoms with Crippen molar-refractivity contribution in [3.05, 3.63) is 237 Å². The number of hydrogen-bond donors (Lipinski definition) is 0. The van der Waals surface area contributed by atoms with E-state index in [0.717, 1.165) is 55.8 Å². The minimum absolute atomic E-state index is 0.0374. The summed E-state index contributed by atoms with van der Waals surface area (Å²) in [5.74, 6) is 0. The smallest absolute Gasteiger partial charge is 0.252 e. The van der Waals surface area contributed by atoms with Gasteiger partial charge in [0.1, 0.15) is 11.2 Å². The van der Waals surface area contributed by atoms with Crippen LogP contribution in [0, 0.1) is 0 Å². The van der Waals surface area contributed by atoms with Gasteiger partial charge in [0, 0.05) is 61.8 Å². The molecule has 0 N–H and O–H groups in total. The fraction of sp³-hybridized carbons (Fsp3) is 0.0625. The summed E-state index contributed by atoms with van der Waals surface area (Å²) in [5, 5.41) is 2.27. The first-order chi connectivity index (χ1) is 33.9. The minimum Gasteiger partial charge on any atom is -0.456 e. The monoisotopic (exact) mass is 885 g/mol. The zero-order valence-corrected chi connectivity index (χ0v) is 38.8. The van der Waals surface area contributed by atoms with Gasteiger partial charge < -0.3 is 19.1 Å². The number of anilines is 8. The van der Waals surface area contributed by atoms with E-state index in [1.54, 1.807) is 0 Å². The van der Waals surface area contributed by atoms with Crippen LogP contribution in [0.15, 0.2) is 241 Å². The van der Waals surface area contributed by atoms with Crippen LogP contribution in [0.5, 0.6) is 0 Å². The maximum absolute atomic E-state index is 6.34. The molecule has 0 aliphatic carbocycles. The van der Waals surface area contributed by atoms with Crippen molar-refractivity contribution in [2.45, 2.75) is 26.3 Å². The average molecular weight is 886 g/mol. The van der Waals surface area contributed by atoms with Crippen LogP contribution in [-0.4, -0.2) is 12.3 Å². The SMILES string of the molecule is CC(C)(C)N(c1ccccc1)c1ccc2c(c1)N(c1ccc(-c3ccc4c(c3)oc3ccccc34)cc1)c1cccc3c1B2c1cc(-c2ccccc2)ccc1N3c1ccc(-c2ccccc2)cc1. The number of benzene rings is 10. The van der Waals surface area contributed by atoms with Gasteiger partial charge in [0.05, 0.1) is 0 Å². The standard InChI is InChI=1S/C64H48BN3O/c1-64(2,3)68(51-20-11-6-12-21-51)52-36-38-55-60(42-52)67(50-34-28-46(29-35-50)48-30-37-54-53-22-13-14-25-61(53)69-62(54)41-48)59-24-15-23-58-63(59)65(55)56-40-47(44-18-9-5-10-19-44)31-39-57(56)66(58)49-32-26-45(27-33-49)43-16-7-4-8-17-43/h4-42H,1-3H3. The number of hydrogen-bond acceptors (Lipinski definition) is 4. The summed E-state index contributed by atoms with van der Waals surface area (Å²) in [7, 11) is 0. The van der Waals surface area contributed by atoms with Crippen LogP contribution in [0.3, 0.4) is 0 Å². The van der Waals surface area contributed by atoms with E-state index >= 15 is 0 Å². The number of nitrogens with zero attached hydrogens (tertiary/aromatic N) is 3. The Kier molecular flexibility index (Phi) is 9.48. The molecule has 13 rings (SSSR count). The number of rotatable bonds is 7. The zero-order valence-electron chi connectivity index (χ0n) is 38.8. The quantitative estimate of drug-likeness (QED) is 0.149. The van der Waals surface area contributed by atoms with Crippen LogP contribution in [0.25, 0.3) is 55.3 Å². The highest BCUT2D eigenvalue weighted by Gasteiger charge is 2.44. The van der Waals surface area contributed by atoms with Gasteiger partial charge in [-0.25, -0.2) is 0 Å². The van der Waals surface area contributed by atoms with Crippen LogP contribution in [-0.2, 0) is 0 Å². The summed E-state index contributed by atoms with van der Waals surface area (Å²) in [5.41, 5.74) is 21.7. The molecule has 69 heavy (non-hydrogen) atoms. The molecular weight excluding hydrogens is 838 g/mol. The summed E-state index contributed by atoms with van der Waals surface area (Å²) in [6.07, 6.45) is 0. The van der Waals surface area contributed by atoms with E-state index in [0.29, 0.717) is 0 Å². The summed E-state index contributed by atoms with van der Waals surface area (Å²) < 4.78 is 6.34. The molecule has 4 nitrogen and oxygen atoms in total. The van der Waals surface area contributed by atoms with Crippen LogP contribution in [0.1, 0.15) is 20.8 Å². The lowest BCUT2D eigenvalue weighted by Gasteiger charge is -2.45. The van der Waals surface area contributed by atoms with E-state index < -0.39 is 0 Å². The van der Waals surface area contributed by atoms with Crippen molar-refractivity contribution in [1.29, 1.82) is 0 Å². The van der Waals surface area contributed by atoms with Gasteiger partial charge in [-0.2, -0.15) is 0 Å². The van der Waals surface area contributed by atoms with Gasteiger partial charge in [-0.15, -0.1) is 0 Å².